The summed E-state index contributed by atoms with van der Waals surface area (Å²) in [5, 5.41) is 82.8. The van der Waals surface area contributed by atoms with Crippen molar-refractivity contribution >= 4 is 17.5 Å². The number of guanidine groups is 1. The molecule has 5 unspecified atom stereocenters. The second kappa shape index (κ2) is 13.9. The number of allylic oxidation sites excluding steroid dienone is 2. The first kappa shape index (κ1) is 36.5. The van der Waals surface area contributed by atoms with Gasteiger partial charge in [0.1, 0.15) is 41.7 Å². The first-order valence-corrected chi connectivity index (χ1v) is 15.6. The molecule has 0 bridgehead atoms. The summed E-state index contributed by atoms with van der Waals surface area (Å²) in [7, 11) is 2.68. The Morgan fingerprint density at radius 2 is 1.84 bits per heavy atom. The van der Waals surface area contributed by atoms with E-state index in [-0.39, 0.29) is 52.5 Å². The van der Waals surface area contributed by atoms with Crippen LogP contribution in [-0.4, -0.2) is 110 Å². The van der Waals surface area contributed by atoms with Crippen molar-refractivity contribution in [3.05, 3.63) is 74.6 Å². The van der Waals surface area contributed by atoms with Gasteiger partial charge in [-0.25, -0.2) is 0 Å². The van der Waals surface area contributed by atoms with E-state index in [0.29, 0.717) is 23.5 Å². The number of aryl methyl sites for hydroxylation is 1. The van der Waals surface area contributed by atoms with Crippen LogP contribution in [0.3, 0.4) is 0 Å². The maximum Gasteiger partial charge on any atom is 0.231 e. The van der Waals surface area contributed by atoms with Gasteiger partial charge in [-0.1, -0.05) is 6.08 Å². The number of fused-ring (bicyclic) bond motifs is 2. The maximum atomic E-state index is 14.3. The number of nitrogens with one attached hydrogen (secondary N) is 2. The van der Waals surface area contributed by atoms with E-state index >= 15 is 0 Å². The van der Waals surface area contributed by atoms with Gasteiger partial charge in [0.05, 0.1) is 30.7 Å². The highest BCUT2D eigenvalue weighted by Crippen LogP contribution is 2.46. The fourth-order valence-electron chi connectivity index (χ4n) is 6.46. The number of aliphatic hydroxyl groups excluding tert-OH is 4. The average Bonchev–Trinajstić information content (AvgIpc) is 3.10. The highest BCUT2D eigenvalue weighted by Gasteiger charge is 2.64. The van der Waals surface area contributed by atoms with Crippen molar-refractivity contribution in [3.8, 4) is 17.2 Å². The van der Waals surface area contributed by atoms with Crippen molar-refractivity contribution in [2.45, 2.75) is 62.8 Å². The Morgan fingerprint density at radius 1 is 1.12 bits per heavy atom. The molecule has 2 aromatic carbocycles. The monoisotopic (exact) mass is 699 g/mol. The predicted octanol–water partition coefficient (Wildman–Crippen LogP) is -2.01. The number of phenols is 1. The molecule has 3 aliphatic rings. The van der Waals surface area contributed by atoms with Gasteiger partial charge in [-0.15, -0.1) is 0 Å². The van der Waals surface area contributed by atoms with Crippen LogP contribution in [0.4, 0.5) is 0 Å². The highest BCUT2D eigenvalue weighted by molar-refractivity contribution is 6.31. The van der Waals surface area contributed by atoms with Crippen LogP contribution in [-0.2, 0) is 17.9 Å². The Hall–Kier alpha value is -4.75. The Kier molecular flexibility index (Phi) is 10.1. The van der Waals surface area contributed by atoms with Gasteiger partial charge in [0.25, 0.3) is 0 Å². The molecule has 2 aromatic rings. The van der Waals surface area contributed by atoms with Crippen molar-refractivity contribution < 1.29 is 59.5 Å². The molecule has 5 atom stereocenters. The summed E-state index contributed by atoms with van der Waals surface area (Å²) in [6, 6.07) is 2.53. The van der Waals surface area contributed by atoms with Gasteiger partial charge < -0.3 is 72.1 Å². The highest BCUT2D eigenvalue weighted by atomic mass is 16.8. The number of carbonyl (C=O) groups is 2. The summed E-state index contributed by atoms with van der Waals surface area (Å²) in [4.78, 5) is 32.1. The van der Waals surface area contributed by atoms with Crippen LogP contribution < -0.4 is 31.6 Å². The predicted molar refractivity (Wildman–Crippen MR) is 175 cm³/mol. The topological polar surface area (TPSA) is 292 Å². The number of ether oxygens (including phenoxy) is 3. The van der Waals surface area contributed by atoms with Crippen LogP contribution >= 0.6 is 0 Å². The van der Waals surface area contributed by atoms with E-state index in [1.54, 1.807) is 19.1 Å². The van der Waals surface area contributed by atoms with E-state index in [0.717, 1.165) is 6.07 Å². The van der Waals surface area contributed by atoms with E-state index in [1.165, 1.54) is 20.2 Å². The fraction of sp³-hybridized carbons (Fsp3) is 0.424. The number of dihydropyridines is 1. The molecular weight excluding hydrogens is 658 g/mol. The van der Waals surface area contributed by atoms with Gasteiger partial charge >= 0.3 is 0 Å². The summed E-state index contributed by atoms with van der Waals surface area (Å²) in [5.41, 5.74) is 8.79. The first-order valence-electron chi connectivity index (χ1n) is 15.6. The van der Waals surface area contributed by atoms with Crippen LogP contribution in [0.5, 0.6) is 17.2 Å². The Bertz CT molecular complexity index is 1810. The first-order chi connectivity index (χ1) is 23.7. The SMILES string of the molecule is CN=C(N)NCc1c(C)cc2c(c1O)C(=O)c1c(OC3OC(O)(CO)C(O)(CCC4=CCNC(N)=C4)C(O)C3O)cc(OC)c(CO)c1C2=O. The molecule has 17 heteroatoms. The number of phenolic OH excluding ortho intramolecular Hbond substituents is 1. The number of rotatable bonds is 10. The minimum Gasteiger partial charge on any atom is -0.507 e. The molecule has 270 valence electrons. The van der Waals surface area contributed by atoms with E-state index in [4.69, 9.17) is 25.7 Å². The lowest BCUT2D eigenvalue weighted by atomic mass is 9.77. The smallest absolute Gasteiger partial charge is 0.231 e. The molecule has 0 radical (unpaired) electrons. The number of hydrogen-bond acceptors (Lipinski definition) is 15. The van der Waals surface area contributed by atoms with E-state index in [9.17, 15) is 45.3 Å². The summed E-state index contributed by atoms with van der Waals surface area (Å²) in [6.45, 7) is -0.0722. The summed E-state index contributed by atoms with van der Waals surface area (Å²) in [6.07, 6.45) is -3.37. The minimum atomic E-state index is -2.91. The molecule has 5 rings (SSSR count). The lowest BCUT2D eigenvalue weighted by Gasteiger charge is -2.52. The summed E-state index contributed by atoms with van der Waals surface area (Å²) >= 11 is 0. The number of aliphatic hydroxyl groups is 6. The number of benzene rings is 2. The van der Waals surface area contributed by atoms with E-state index in [1.807, 2.05) is 0 Å². The van der Waals surface area contributed by atoms with E-state index in [2.05, 4.69) is 15.6 Å². The van der Waals surface area contributed by atoms with Gasteiger partial charge in [-0.05, 0) is 43.0 Å². The van der Waals surface area contributed by atoms with Crippen molar-refractivity contribution in [1.82, 2.24) is 10.6 Å². The van der Waals surface area contributed by atoms with Crippen LogP contribution in [0.25, 0.3) is 0 Å². The quantitative estimate of drug-likeness (QED) is 0.0805. The largest absolute Gasteiger partial charge is 0.507 e. The molecule has 0 saturated carbocycles. The third-order valence-electron chi connectivity index (χ3n) is 9.32. The number of nitrogens with two attached hydrogens (primary N) is 2. The Morgan fingerprint density at radius 3 is 2.46 bits per heavy atom. The number of methoxy groups -OCH3 is 1. The van der Waals surface area contributed by atoms with Crippen molar-refractivity contribution in [2.75, 3.05) is 27.3 Å². The zero-order valence-electron chi connectivity index (χ0n) is 27.6. The lowest BCUT2D eigenvalue weighted by Crippen LogP contribution is -2.74. The van der Waals surface area contributed by atoms with Gasteiger partial charge in [0, 0.05) is 48.5 Å². The molecule has 13 N–H and O–H groups in total. The van der Waals surface area contributed by atoms with Gasteiger partial charge in [0.15, 0.2) is 11.7 Å². The standard InChI is InChI=1S/C33H41N5O12/c1-14-8-16-23(26(42)17(14)11-38-31(35)36-2)27(43)24-20(10-19(48-3)18(12-39)22(24)25(16)41)49-30-28(44)29(45)32(46,33(47,13-40)50-30)6-4-15-5-7-37-21(34)9-15/h5,8-10,28-30,37,39-40,42,44-47H,4,6-7,11-13,34H2,1-3H3,(H3,35,36,38). The van der Waals surface area contributed by atoms with Crippen molar-refractivity contribution in [3.63, 3.8) is 0 Å². The third-order valence-corrected chi connectivity index (χ3v) is 9.32. The Labute approximate surface area is 286 Å². The third kappa shape index (κ3) is 6.02. The molecule has 1 aliphatic carbocycles. The summed E-state index contributed by atoms with van der Waals surface area (Å²) in [5.74, 6) is -5.30. The molecule has 2 aliphatic heterocycles. The van der Waals surface area contributed by atoms with Crippen LogP contribution in [0, 0.1) is 6.92 Å². The molecule has 2 heterocycles. The number of carbonyl (C=O) groups excluding carboxylic acids is 2. The molecular formula is C33H41N5O12. The molecule has 0 spiro atoms. The van der Waals surface area contributed by atoms with Gasteiger partial charge in [-0.2, -0.15) is 0 Å². The number of ketones is 2. The molecule has 0 amide bonds. The molecule has 50 heavy (non-hydrogen) atoms. The van der Waals surface area contributed by atoms with Crippen molar-refractivity contribution in [1.29, 1.82) is 0 Å². The number of nitrogens with zero attached hydrogens (tertiary/aromatic N) is 1. The maximum absolute atomic E-state index is 14.3. The Balaban J connectivity index is 1.56. The summed E-state index contributed by atoms with van der Waals surface area (Å²) < 4.78 is 16.8. The lowest BCUT2D eigenvalue weighted by molar-refractivity contribution is -0.419. The van der Waals surface area contributed by atoms with Crippen LogP contribution in [0.2, 0.25) is 0 Å². The van der Waals surface area contributed by atoms with Gasteiger partial charge in [-0.3, -0.25) is 14.6 Å². The molecule has 1 saturated heterocycles. The van der Waals surface area contributed by atoms with Crippen LogP contribution in [0.15, 0.2) is 40.7 Å². The number of hydrogen-bond donors (Lipinski definition) is 11. The zero-order valence-corrected chi connectivity index (χ0v) is 27.6. The minimum absolute atomic E-state index is 0.0432. The molecule has 17 nitrogen and oxygen atoms in total. The van der Waals surface area contributed by atoms with E-state index < -0.39 is 78.1 Å². The number of aliphatic imine (C=N–C) groups is 1. The van der Waals surface area contributed by atoms with Gasteiger partial charge in [0.2, 0.25) is 17.9 Å². The molecule has 1 fully saturated rings. The molecule has 0 aromatic heterocycles. The second-order valence-corrected chi connectivity index (χ2v) is 12.2. The average molecular weight is 700 g/mol. The zero-order chi connectivity index (χ0) is 36.7. The van der Waals surface area contributed by atoms with Crippen molar-refractivity contribution in [2.24, 2.45) is 16.5 Å². The second-order valence-electron chi connectivity index (χ2n) is 12.2. The normalized spacial score (nSPS) is 26.3. The van der Waals surface area contributed by atoms with Crippen LogP contribution in [0.1, 0.15) is 61.4 Å². The fourth-order valence-corrected chi connectivity index (χ4v) is 6.46. The number of aromatic hydroxyl groups is 1.